The second kappa shape index (κ2) is 7.25. The van der Waals surface area contributed by atoms with Gasteiger partial charge < -0.3 is 4.90 Å². The highest BCUT2D eigenvalue weighted by molar-refractivity contribution is 7.13. The quantitative estimate of drug-likeness (QED) is 0.720. The van der Waals surface area contributed by atoms with Crippen LogP contribution in [0.5, 0.6) is 0 Å². The van der Waals surface area contributed by atoms with E-state index in [1.165, 1.54) is 12.1 Å². The average molecular weight is 355 g/mol. The summed E-state index contributed by atoms with van der Waals surface area (Å²) < 4.78 is 13.0. The van der Waals surface area contributed by atoms with Crippen LogP contribution in [0.1, 0.15) is 5.69 Å². The van der Waals surface area contributed by atoms with E-state index < -0.39 is 0 Å². The van der Waals surface area contributed by atoms with Gasteiger partial charge in [0.25, 0.3) is 0 Å². The maximum absolute atomic E-state index is 13.0. The van der Waals surface area contributed by atoms with E-state index in [0.717, 1.165) is 54.8 Å². The zero-order valence-electron chi connectivity index (χ0n) is 13.7. The van der Waals surface area contributed by atoms with E-state index in [4.69, 9.17) is 4.98 Å². The third-order valence-electron chi connectivity index (χ3n) is 4.29. The van der Waals surface area contributed by atoms with Gasteiger partial charge in [0.05, 0.1) is 5.69 Å². The smallest absolute Gasteiger partial charge is 0.131 e. The Morgan fingerprint density at radius 3 is 2.56 bits per heavy atom. The fraction of sp³-hybridized carbons (Fsp3) is 0.278. The van der Waals surface area contributed by atoms with E-state index in [1.54, 1.807) is 36.0 Å². The molecule has 0 aliphatic carbocycles. The van der Waals surface area contributed by atoms with Gasteiger partial charge in [0.2, 0.25) is 0 Å². The van der Waals surface area contributed by atoms with Gasteiger partial charge >= 0.3 is 0 Å². The van der Waals surface area contributed by atoms with Crippen molar-refractivity contribution >= 4 is 17.2 Å². The standard InChI is InChI=1S/C18H18FN5S/c19-15-3-1-14(2-4-15)18-22-16(12-25-18)11-23-7-9-24(10-8-23)17-5-6-20-13-21-17/h1-6,12-13H,7-11H2. The molecule has 4 rings (SSSR count). The lowest BCUT2D eigenvalue weighted by molar-refractivity contribution is 0.247. The maximum atomic E-state index is 13.0. The van der Waals surface area contributed by atoms with Crippen LogP contribution in [-0.2, 0) is 6.54 Å². The number of aromatic nitrogens is 3. The highest BCUT2D eigenvalue weighted by Crippen LogP contribution is 2.24. The zero-order chi connectivity index (χ0) is 17.1. The number of halogens is 1. The summed E-state index contributed by atoms with van der Waals surface area (Å²) in [5.41, 5.74) is 2.03. The predicted octanol–water partition coefficient (Wildman–Crippen LogP) is 3.06. The molecule has 0 spiro atoms. The largest absolute Gasteiger partial charge is 0.354 e. The number of thiazole rings is 1. The fourth-order valence-electron chi connectivity index (χ4n) is 2.94. The Balaban J connectivity index is 1.35. The predicted molar refractivity (Wildman–Crippen MR) is 97.0 cm³/mol. The third-order valence-corrected chi connectivity index (χ3v) is 5.23. The number of benzene rings is 1. The molecule has 1 aliphatic rings. The van der Waals surface area contributed by atoms with E-state index in [-0.39, 0.29) is 5.82 Å². The summed E-state index contributed by atoms with van der Waals surface area (Å²) in [6.07, 6.45) is 3.37. The Bertz CT molecular complexity index is 813. The van der Waals surface area contributed by atoms with Gasteiger partial charge in [0, 0.05) is 49.9 Å². The molecule has 0 atom stereocenters. The monoisotopic (exact) mass is 355 g/mol. The summed E-state index contributed by atoms with van der Waals surface area (Å²) >= 11 is 1.61. The van der Waals surface area contributed by atoms with Crippen LogP contribution in [0, 0.1) is 5.82 Å². The van der Waals surface area contributed by atoms with Crippen LogP contribution < -0.4 is 4.90 Å². The number of hydrogen-bond donors (Lipinski definition) is 0. The topological polar surface area (TPSA) is 45.2 Å². The first-order chi connectivity index (χ1) is 12.3. The van der Waals surface area contributed by atoms with Crippen molar-refractivity contribution in [3.05, 3.63) is 59.7 Å². The van der Waals surface area contributed by atoms with E-state index in [2.05, 4.69) is 25.1 Å². The fourth-order valence-corrected chi connectivity index (χ4v) is 3.76. The molecule has 25 heavy (non-hydrogen) atoms. The molecule has 1 saturated heterocycles. The number of hydrogen-bond acceptors (Lipinski definition) is 6. The van der Waals surface area contributed by atoms with Crippen molar-refractivity contribution in [1.29, 1.82) is 0 Å². The lowest BCUT2D eigenvalue weighted by Crippen LogP contribution is -2.46. The Kier molecular flexibility index (Phi) is 4.67. The van der Waals surface area contributed by atoms with Crippen LogP contribution in [0.25, 0.3) is 10.6 Å². The maximum Gasteiger partial charge on any atom is 0.131 e. The van der Waals surface area contributed by atoms with Crippen LogP contribution in [0.2, 0.25) is 0 Å². The van der Waals surface area contributed by atoms with Gasteiger partial charge in [-0.05, 0) is 30.3 Å². The van der Waals surface area contributed by atoms with Crippen LogP contribution in [-0.4, -0.2) is 46.0 Å². The zero-order valence-corrected chi connectivity index (χ0v) is 14.5. The molecule has 3 aromatic rings. The first-order valence-corrected chi connectivity index (χ1v) is 9.09. The SMILES string of the molecule is Fc1ccc(-c2nc(CN3CCN(c4ccncn4)CC3)cs2)cc1. The normalized spacial score (nSPS) is 15.5. The van der Waals surface area contributed by atoms with E-state index in [9.17, 15) is 4.39 Å². The summed E-state index contributed by atoms with van der Waals surface area (Å²) in [7, 11) is 0. The first-order valence-electron chi connectivity index (χ1n) is 8.21. The van der Waals surface area contributed by atoms with Gasteiger partial charge in [0.15, 0.2) is 0 Å². The summed E-state index contributed by atoms with van der Waals surface area (Å²) in [5, 5.41) is 3.03. The molecule has 3 heterocycles. The van der Waals surface area contributed by atoms with Gasteiger partial charge in [-0.25, -0.2) is 19.3 Å². The molecule has 1 aliphatic heterocycles. The van der Waals surface area contributed by atoms with Crippen molar-refractivity contribution in [2.45, 2.75) is 6.54 Å². The van der Waals surface area contributed by atoms with Crippen LogP contribution in [0.3, 0.4) is 0 Å². The second-order valence-electron chi connectivity index (χ2n) is 5.98. The third kappa shape index (κ3) is 3.83. The van der Waals surface area contributed by atoms with Gasteiger partial charge in [-0.1, -0.05) is 0 Å². The molecule has 5 nitrogen and oxygen atoms in total. The summed E-state index contributed by atoms with van der Waals surface area (Å²) in [6.45, 7) is 4.70. The molecule has 2 aromatic heterocycles. The highest BCUT2D eigenvalue weighted by atomic mass is 32.1. The Morgan fingerprint density at radius 1 is 1.04 bits per heavy atom. The van der Waals surface area contributed by atoms with Crippen LogP contribution >= 0.6 is 11.3 Å². The lowest BCUT2D eigenvalue weighted by Gasteiger charge is -2.34. The minimum absolute atomic E-state index is 0.220. The Hall–Kier alpha value is -2.38. The van der Waals surface area contributed by atoms with E-state index >= 15 is 0 Å². The van der Waals surface area contributed by atoms with Crippen molar-refractivity contribution in [2.75, 3.05) is 31.1 Å². The number of rotatable bonds is 4. The van der Waals surface area contributed by atoms with Crippen molar-refractivity contribution in [1.82, 2.24) is 19.9 Å². The number of anilines is 1. The molecule has 7 heteroatoms. The molecular formula is C18H18FN5S. The minimum atomic E-state index is -0.220. The summed E-state index contributed by atoms with van der Waals surface area (Å²) in [4.78, 5) is 17.7. The van der Waals surface area contributed by atoms with E-state index in [1.807, 2.05) is 6.07 Å². The summed E-state index contributed by atoms with van der Waals surface area (Å²) in [5.74, 6) is 0.768. The van der Waals surface area contributed by atoms with Gasteiger partial charge in [-0.2, -0.15) is 0 Å². The Labute approximate surface area is 149 Å². The molecule has 0 bridgehead atoms. The highest BCUT2D eigenvalue weighted by Gasteiger charge is 2.19. The van der Waals surface area contributed by atoms with Crippen molar-refractivity contribution in [3.63, 3.8) is 0 Å². The molecule has 1 aromatic carbocycles. The van der Waals surface area contributed by atoms with Crippen molar-refractivity contribution in [3.8, 4) is 10.6 Å². The lowest BCUT2D eigenvalue weighted by atomic mass is 10.2. The molecule has 0 N–H and O–H groups in total. The number of nitrogens with zero attached hydrogens (tertiary/aromatic N) is 5. The van der Waals surface area contributed by atoms with Crippen molar-refractivity contribution < 1.29 is 4.39 Å². The number of piperazine rings is 1. The average Bonchev–Trinajstić information content (AvgIpc) is 3.12. The van der Waals surface area contributed by atoms with E-state index in [0.29, 0.717) is 0 Å². The van der Waals surface area contributed by atoms with Crippen molar-refractivity contribution in [2.24, 2.45) is 0 Å². The minimum Gasteiger partial charge on any atom is -0.354 e. The van der Waals surface area contributed by atoms with Crippen LogP contribution in [0.15, 0.2) is 48.2 Å². The summed E-state index contributed by atoms with van der Waals surface area (Å²) in [6, 6.07) is 8.45. The van der Waals surface area contributed by atoms with Gasteiger partial charge in [0.1, 0.15) is 23.0 Å². The molecule has 0 amide bonds. The second-order valence-corrected chi connectivity index (χ2v) is 6.84. The van der Waals surface area contributed by atoms with Gasteiger partial charge in [-0.15, -0.1) is 11.3 Å². The first kappa shape index (κ1) is 16.1. The Morgan fingerprint density at radius 2 is 1.84 bits per heavy atom. The molecule has 0 radical (unpaired) electrons. The van der Waals surface area contributed by atoms with Gasteiger partial charge in [-0.3, -0.25) is 4.90 Å². The molecule has 1 fully saturated rings. The van der Waals surface area contributed by atoms with Crippen LogP contribution in [0.4, 0.5) is 10.2 Å². The molecule has 0 saturated carbocycles. The molecule has 128 valence electrons. The molecular weight excluding hydrogens is 337 g/mol. The molecule has 0 unspecified atom stereocenters.